The molecule has 1 atom stereocenters. The van der Waals surface area contributed by atoms with E-state index in [1.807, 2.05) is 0 Å². The number of nitrogens with zero attached hydrogens (tertiary/aromatic N) is 1. The van der Waals surface area contributed by atoms with Gasteiger partial charge in [0.25, 0.3) is 0 Å². The third-order valence-corrected chi connectivity index (χ3v) is 2.28. The van der Waals surface area contributed by atoms with Gasteiger partial charge >= 0.3 is 0 Å². The van der Waals surface area contributed by atoms with Crippen LogP contribution in [-0.2, 0) is 4.79 Å². The van der Waals surface area contributed by atoms with Gasteiger partial charge in [0.1, 0.15) is 12.1 Å². The minimum absolute atomic E-state index is 0.00157. The van der Waals surface area contributed by atoms with Crippen molar-refractivity contribution in [3.8, 4) is 5.75 Å². The van der Waals surface area contributed by atoms with E-state index in [2.05, 4.69) is 4.74 Å². The van der Waals surface area contributed by atoms with Crippen LogP contribution < -0.4 is 4.74 Å². The number of rotatable bonds is 4. The average Bonchev–Trinajstić information content (AvgIpc) is 2.23. The first kappa shape index (κ1) is 12.6. The Morgan fingerprint density at radius 2 is 1.94 bits per heavy atom. The highest BCUT2D eigenvalue weighted by atomic mass is 19.1. The van der Waals surface area contributed by atoms with E-state index in [4.69, 9.17) is 0 Å². The molecular weight excluding hydrogens is 216 g/mol. The summed E-state index contributed by atoms with van der Waals surface area (Å²) in [4.78, 5) is 12.3. The van der Waals surface area contributed by atoms with Gasteiger partial charge in [-0.05, 0) is 20.2 Å². The average molecular weight is 229 g/mol. The van der Waals surface area contributed by atoms with Crippen molar-refractivity contribution < 1.29 is 18.3 Å². The zero-order chi connectivity index (χ0) is 12.3. The van der Waals surface area contributed by atoms with E-state index >= 15 is 0 Å². The number of methoxy groups -OCH3 is 1. The van der Waals surface area contributed by atoms with E-state index in [1.54, 1.807) is 14.1 Å². The van der Waals surface area contributed by atoms with Gasteiger partial charge in [-0.15, -0.1) is 0 Å². The molecule has 16 heavy (non-hydrogen) atoms. The van der Waals surface area contributed by atoms with Gasteiger partial charge < -0.3 is 9.53 Å². The minimum atomic E-state index is -0.805. The second kappa shape index (κ2) is 5.03. The monoisotopic (exact) mass is 229 g/mol. The van der Waals surface area contributed by atoms with E-state index in [9.17, 15) is 13.6 Å². The summed E-state index contributed by atoms with van der Waals surface area (Å²) in [6.45, 7) is 0. The summed E-state index contributed by atoms with van der Waals surface area (Å²) in [5.74, 6) is -1.53. The summed E-state index contributed by atoms with van der Waals surface area (Å²) < 4.78 is 31.6. The lowest BCUT2D eigenvalue weighted by atomic mass is 10.1. The van der Waals surface area contributed by atoms with Crippen LogP contribution >= 0.6 is 0 Å². The fraction of sp³-hybridized carbons (Fsp3) is 0.364. The van der Waals surface area contributed by atoms with Crippen LogP contribution in [0.25, 0.3) is 0 Å². The Morgan fingerprint density at radius 1 is 1.31 bits per heavy atom. The molecule has 88 valence electrons. The fourth-order valence-corrected chi connectivity index (χ4v) is 1.40. The molecule has 0 amide bonds. The number of halogens is 2. The first-order chi connectivity index (χ1) is 7.51. The molecule has 0 N–H and O–H groups in total. The number of hydrogen-bond acceptors (Lipinski definition) is 3. The van der Waals surface area contributed by atoms with Crippen LogP contribution in [0.5, 0.6) is 5.75 Å². The maximum Gasteiger partial charge on any atom is 0.165 e. The molecule has 3 nitrogen and oxygen atoms in total. The molecule has 0 aromatic heterocycles. The number of benzene rings is 1. The van der Waals surface area contributed by atoms with E-state index in [-0.39, 0.29) is 11.3 Å². The highest BCUT2D eigenvalue weighted by Crippen LogP contribution is 2.26. The SMILES string of the molecule is COc1cc(F)c(C(C=O)N(C)C)cc1F. The number of carbonyl (C=O) groups excluding carboxylic acids is 1. The van der Waals surface area contributed by atoms with Gasteiger partial charge in [-0.25, -0.2) is 8.78 Å². The number of aldehydes is 1. The largest absolute Gasteiger partial charge is 0.494 e. The summed E-state index contributed by atoms with van der Waals surface area (Å²) in [6, 6.07) is 1.11. The first-order valence-corrected chi connectivity index (χ1v) is 4.66. The number of likely N-dealkylation sites (N-methyl/N-ethyl adjacent to an activating group) is 1. The molecule has 0 spiro atoms. The van der Waals surface area contributed by atoms with E-state index in [0.29, 0.717) is 6.29 Å². The molecule has 0 aliphatic carbocycles. The van der Waals surface area contributed by atoms with E-state index in [0.717, 1.165) is 12.1 Å². The van der Waals surface area contributed by atoms with Crippen molar-refractivity contribution >= 4 is 6.29 Å². The Bertz CT molecular complexity index is 394. The summed E-state index contributed by atoms with van der Waals surface area (Å²) >= 11 is 0. The Morgan fingerprint density at radius 3 is 2.38 bits per heavy atom. The molecule has 1 rings (SSSR count). The highest BCUT2D eigenvalue weighted by Gasteiger charge is 2.20. The van der Waals surface area contributed by atoms with Crippen molar-refractivity contribution in [3.05, 3.63) is 29.3 Å². The van der Waals surface area contributed by atoms with Gasteiger partial charge in [0, 0.05) is 11.6 Å². The number of ether oxygens (including phenoxy) is 1. The van der Waals surface area contributed by atoms with Crippen LogP contribution in [0.1, 0.15) is 11.6 Å². The molecule has 0 saturated heterocycles. The smallest absolute Gasteiger partial charge is 0.165 e. The van der Waals surface area contributed by atoms with Crippen molar-refractivity contribution in [2.45, 2.75) is 6.04 Å². The maximum atomic E-state index is 13.6. The number of carbonyl (C=O) groups is 1. The summed E-state index contributed by atoms with van der Waals surface area (Å²) in [5.41, 5.74) is -0.00157. The zero-order valence-electron chi connectivity index (χ0n) is 9.33. The van der Waals surface area contributed by atoms with Gasteiger partial charge in [-0.3, -0.25) is 4.90 Å². The Hall–Kier alpha value is -1.49. The highest BCUT2D eigenvalue weighted by molar-refractivity contribution is 5.62. The third-order valence-electron chi connectivity index (χ3n) is 2.28. The lowest BCUT2D eigenvalue weighted by Crippen LogP contribution is -2.22. The molecule has 0 heterocycles. The first-order valence-electron chi connectivity index (χ1n) is 4.66. The van der Waals surface area contributed by atoms with Crippen LogP contribution in [0.15, 0.2) is 12.1 Å². The molecular formula is C11H13F2NO2. The fourth-order valence-electron chi connectivity index (χ4n) is 1.40. The Labute approximate surface area is 92.6 Å². The second-order valence-corrected chi connectivity index (χ2v) is 3.55. The molecule has 0 aliphatic rings. The summed E-state index contributed by atoms with van der Waals surface area (Å²) in [7, 11) is 4.47. The molecule has 1 aromatic carbocycles. The van der Waals surface area contributed by atoms with Crippen molar-refractivity contribution in [1.82, 2.24) is 4.90 Å². The van der Waals surface area contributed by atoms with Crippen molar-refractivity contribution in [1.29, 1.82) is 0 Å². The van der Waals surface area contributed by atoms with E-state index < -0.39 is 17.7 Å². The third kappa shape index (κ3) is 2.36. The summed E-state index contributed by atoms with van der Waals surface area (Å²) in [6.07, 6.45) is 0.560. The van der Waals surface area contributed by atoms with Crippen molar-refractivity contribution in [3.63, 3.8) is 0 Å². The lowest BCUT2D eigenvalue weighted by molar-refractivity contribution is -0.111. The molecule has 0 fully saturated rings. The maximum absolute atomic E-state index is 13.6. The molecule has 1 unspecified atom stereocenters. The van der Waals surface area contributed by atoms with Crippen molar-refractivity contribution in [2.24, 2.45) is 0 Å². The normalized spacial score (nSPS) is 12.6. The number of hydrogen-bond donors (Lipinski definition) is 0. The summed E-state index contributed by atoms with van der Waals surface area (Å²) in [5, 5.41) is 0. The quantitative estimate of drug-likeness (QED) is 0.737. The van der Waals surface area contributed by atoms with Gasteiger partial charge in [-0.2, -0.15) is 0 Å². The van der Waals surface area contributed by atoms with Crippen LogP contribution in [0, 0.1) is 11.6 Å². The van der Waals surface area contributed by atoms with Crippen LogP contribution in [0.2, 0.25) is 0 Å². The molecule has 0 radical (unpaired) electrons. The predicted octanol–water partition coefficient (Wildman–Crippen LogP) is 1.77. The molecule has 0 saturated carbocycles. The second-order valence-electron chi connectivity index (χ2n) is 3.55. The Kier molecular flexibility index (Phi) is 3.95. The van der Waals surface area contributed by atoms with Gasteiger partial charge in [0.15, 0.2) is 11.6 Å². The zero-order valence-corrected chi connectivity index (χ0v) is 9.33. The Balaban J connectivity index is 3.24. The topological polar surface area (TPSA) is 29.5 Å². The standard InChI is InChI=1S/C11H13F2NO2/c1-14(2)10(6-15)7-4-9(13)11(16-3)5-8(7)12/h4-6,10H,1-3H3. The van der Waals surface area contributed by atoms with Crippen LogP contribution in [0.4, 0.5) is 8.78 Å². The molecule has 0 aliphatic heterocycles. The van der Waals surface area contributed by atoms with E-state index in [1.165, 1.54) is 12.0 Å². The molecule has 5 heteroatoms. The van der Waals surface area contributed by atoms with Gasteiger partial charge in [0.05, 0.1) is 13.2 Å². The van der Waals surface area contributed by atoms with Crippen molar-refractivity contribution in [2.75, 3.05) is 21.2 Å². The predicted molar refractivity (Wildman–Crippen MR) is 55.4 cm³/mol. The minimum Gasteiger partial charge on any atom is -0.494 e. The van der Waals surface area contributed by atoms with Crippen LogP contribution in [-0.4, -0.2) is 32.4 Å². The van der Waals surface area contributed by atoms with Gasteiger partial charge in [-0.1, -0.05) is 0 Å². The molecule has 0 bridgehead atoms. The lowest BCUT2D eigenvalue weighted by Gasteiger charge is -2.19. The molecule has 1 aromatic rings. The van der Waals surface area contributed by atoms with Gasteiger partial charge in [0.2, 0.25) is 0 Å². The van der Waals surface area contributed by atoms with Crippen LogP contribution in [0.3, 0.4) is 0 Å².